The van der Waals surface area contributed by atoms with Crippen LogP contribution in [0.5, 0.6) is 0 Å². The highest BCUT2D eigenvalue weighted by molar-refractivity contribution is 7.98. The van der Waals surface area contributed by atoms with E-state index in [4.69, 9.17) is 0 Å². The number of nitrogens with one attached hydrogen (secondary N) is 1. The SMILES string of the molecule is CSCCCNCc1cc(C)ccc1F. The van der Waals surface area contributed by atoms with Crippen LogP contribution in [0.2, 0.25) is 0 Å². The van der Waals surface area contributed by atoms with Gasteiger partial charge in [0.05, 0.1) is 0 Å². The lowest BCUT2D eigenvalue weighted by molar-refractivity contribution is 0.586. The third-order valence-corrected chi connectivity index (χ3v) is 2.92. The summed E-state index contributed by atoms with van der Waals surface area (Å²) in [7, 11) is 0. The molecule has 15 heavy (non-hydrogen) atoms. The molecule has 1 nitrogen and oxygen atoms in total. The Morgan fingerprint density at radius 2 is 2.20 bits per heavy atom. The fourth-order valence-corrected chi connectivity index (χ4v) is 1.84. The minimum Gasteiger partial charge on any atom is -0.313 e. The van der Waals surface area contributed by atoms with E-state index < -0.39 is 0 Å². The molecule has 0 atom stereocenters. The van der Waals surface area contributed by atoms with Crippen LogP contribution in [0.1, 0.15) is 17.5 Å². The molecule has 0 saturated carbocycles. The maximum atomic E-state index is 13.3. The highest BCUT2D eigenvalue weighted by atomic mass is 32.2. The summed E-state index contributed by atoms with van der Waals surface area (Å²) in [6, 6.07) is 5.23. The quantitative estimate of drug-likeness (QED) is 0.750. The first-order valence-electron chi connectivity index (χ1n) is 5.18. The van der Waals surface area contributed by atoms with Gasteiger partial charge >= 0.3 is 0 Å². The van der Waals surface area contributed by atoms with Crippen LogP contribution < -0.4 is 5.32 Å². The van der Waals surface area contributed by atoms with Crippen molar-refractivity contribution in [2.45, 2.75) is 19.9 Å². The summed E-state index contributed by atoms with van der Waals surface area (Å²) in [6.45, 7) is 3.56. The Hall–Kier alpha value is -0.540. The Bertz CT molecular complexity index is 302. The highest BCUT2D eigenvalue weighted by Crippen LogP contribution is 2.09. The van der Waals surface area contributed by atoms with Gasteiger partial charge < -0.3 is 5.32 Å². The predicted molar refractivity (Wildman–Crippen MR) is 65.8 cm³/mol. The van der Waals surface area contributed by atoms with Crippen molar-refractivity contribution in [2.75, 3.05) is 18.6 Å². The Morgan fingerprint density at radius 1 is 1.40 bits per heavy atom. The van der Waals surface area contributed by atoms with Crippen LogP contribution in [-0.4, -0.2) is 18.6 Å². The number of hydrogen-bond acceptors (Lipinski definition) is 2. The lowest BCUT2D eigenvalue weighted by Gasteiger charge is -2.06. The minimum atomic E-state index is -0.113. The van der Waals surface area contributed by atoms with E-state index in [1.807, 2.05) is 24.8 Å². The first kappa shape index (κ1) is 12.5. The third-order valence-electron chi connectivity index (χ3n) is 2.22. The van der Waals surface area contributed by atoms with Crippen molar-refractivity contribution in [1.82, 2.24) is 5.32 Å². The Balaban J connectivity index is 2.33. The predicted octanol–water partition coefficient (Wildman–Crippen LogP) is 2.98. The van der Waals surface area contributed by atoms with Crippen LogP contribution in [0.25, 0.3) is 0 Å². The molecule has 1 aromatic rings. The van der Waals surface area contributed by atoms with Gasteiger partial charge in [0.1, 0.15) is 5.82 Å². The molecule has 0 bridgehead atoms. The van der Waals surface area contributed by atoms with Crippen molar-refractivity contribution in [3.8, 4) is 0 Å². The summed E-state index contributed by atoms with van der Waals surface area (Å²) >= 11 is 1.84. The molecular formula is C12H18FNS. The maximum Gasteiger partial charge on any atom is 0.127 e. The van der Waals surface area contributed by atoms with Gasteiger partial charge in [0, 0.05) is 12.1 Å². The van der Waals surface area contributed by atoms with Gasteiger partial charge in [-0.3, -0.25) is 0 Å². The molecule has 1 aromatic carbocycles. The lowest BCUT2D eigenvalue weighted by atomic mass is 10.1. The van der Waals surface area contributed by atoms with E-state index in [0.29, 0.717) is 6.54 Å². The molecule has 0 amide bonds. The van der Waals surface area contributed by atoms with Gasteiger partial charge in [0.2, 0.25) is 0 Å². The molecule has 0 aliphatic rings. The van der Waals surface area contributed by atoms with Crippen molar-refractivity contribution >= 4 is 11.8 Å². The summed E-state index contributed by atoms with van der Waals surface area (Å²) in [5.41, 5.74) is 1.87. The monoisotopic (exact) mass is 227 g/mol. The van der Waals surface area contributed by atoms with Crippen LogP contribution in [-0.2, 0) is 6.54 Å². The highest BCUT2D eigenvalue weighted by Gasteiger charge is 2.00. The molecular weight excluding hydrogens is 209 g/mol. The average Bonchev–Trinajstić information content (AvgIpc) is 2.23. The molecule has 0 saturated heterocycles. The number of halogens is 1. The van der Waals surface area contributed by atoms with Gasteiger partial charge in [-0.25, -0.2) is 4.39 Å². The van der Waals surface area contributed by atoms with E-state index in [9.17, 15) is 4.39 Å². The van der Waals surface area contributed by atoms with Crippen molar-refractivity contribution < 1.29 is 4.39 Å². The van der Waals surface area contributed by atoms with E-state index >= 15 is 0 Å². The molecule has 1 rings (SSSR count). The molecule has 1 N–H and O–H groups in total. The van der Waals surface area contributed by atoms with Gasteiger partial charge in [-0.1, -0.05) is 17.7 Å². The molecule has 0 fully saturated rings. The summed E-state index contributed by atoms with van der Waals surface area (Å²) in [4.78, 5) is 0. The summed E-state index contributed by atoms with van der Waals surface area (Å²) in [5, 5.41) is 3.25. The molecule has 0 radical (unpaired) electrons. The zero-order valence-electron chi connectivity index (χ0n) is 9.35. The van der Waals surface area contributed by atoms with Crippen LogP contribution in [0.15, 0.2) is 18.2 Å². The Labute approximate surface area is 95.5 Å². The number of thioether (sulfide) groups is 1. The second-order valence-electron chi connectivity index (χ2n) is 3.62. The second-order valence-corrected chi connectivity index (χ2v) is 4.60. The number of benzene rings is 1. The van der Waals surface area contributed by atoms with E-state index in [-0.39, 0.29) is 5.82 Å². The van der Waals surface area contributed by atoms with Gasteiger partial charge in [-0.2, -0.15) is 11.8 Å². The molecule has 0 spiro atoms. The average molecular weight is 227 g/mol. The zero-order chi connectivity index (χ0) is 11.1. The summed E-state index contributed by atoms with van der Waals surface area (Å²) < 4.78 is 13.3. The molecule has 0 aliphatic heterocycles. The van der Waals surface area contributed by atoms with Gasteiger partial charge in [-0.05, 0) is 38.0 Å². The fourth-order valence-electron chi connectivity index (χ4n) is 1.40. The number of hydrogen-bond donors (Lipinski definition) is 1. The number of aryl methyl sites for hydroxylation is 1. The molecule has 84 valence electrons. The maximum absolute atomic E-state index is 13.3. The molecule has 0 heterocycles. The van der Waals surface area contributed by atoms with Crippen LogP contribution in [0, 0.1) is 12.7 Å². The molecule has 0 aliphatic carbocycles. The smallest absolute Gasteiger partial charge is 0.127 e. The van der Waals surface area contributed by atoms with E-state index in [2.05, 4.69) is 11.6 Å². The fraction of sp³-hybridized carbons (Fsp3) is 0.500. The molecule has 3 heteroatoms. The van der Waals surface area contributed by atoms with Gasteiger partial charge in [0.25, 0.3) is 0 Å². The van der Waals surface area contributed by atoms with Crippen LogP contribution in [0.4, 0.5) is 4.39 Å². The molecule has 0 aromatic heterocycles. The van der Waals surface area contributed by atoms with Crippen molar-refractivity contribution in [3.05, 3.63) is 35.1 Å². The Kier molecular flexibility index (Phi) is 5.73. The number of rotatable bonds is 6. The second kappa shape index (κ2) is 6.85. The summed E-state index contributed by atoms with van der Waals surface area (Å²) in [6.07, 6.45) is 3.23. The van der Waals surface area contributed by atoms with Gasteiger partial charge in [0.15, 0.2) is 0 Å². The molecule has 0 unspecified atom stereocenters. The van der Waals surface area contributed by atoms with E-state index in [1.165, 1.54) is 6.07 Å². The van der Waals surface area contributed by atoms with Crippen molar-refractivity contribution in [3.63, 3.8) is 0 Å². The minimum absolute atomic E-state index is 0.113. The zero-order valence-corrected chi connectivity index (χ0v) is 10.2. The van der Waals surface area contributed by atoms with Crippen LogP contribution in [0.3, 0.4) is 0 Å². The largest absolute Gasteiger partial charge is 0.313 e. The Morgan fingerprint density at radius 3 is 2.93 bits per heavy atom. The van der Waals surface area contributed by atoms with Crippen molar-refractivity contribution in [1.29, 1.82) is 0 Å². The lowest BCUT2D eigenvalue weighted by Crippen LogP contribution is -2.16. The standard InChI is InChI=1S/C12H18FNS/c1-10-4-5-12(13)11(8-10)9-14-6-3-7-15-2/h4-5,8,14H,3,6-7,9H2,1-2H3. The van der Waals surface area contributed by atoms with Gasteiger partial charge in [-0.15, -0.1) is 0 Å². The van der Waals surface area contributed by atoms with Crippen molar-refractivity contribution in [2.24, 2.45) is 0 Å². The normalized spacial score (nSPS) is 10.6. The summed E-state index contributed by atoms with van der Waals surface area (Å²) in [5.74, 6) is 1.04. The van der Waals surface area contributed by atoms with Crippen LogP contribution >= 0.6 is 11.8 Å². The first-order chi connectivity index (χ1) is 7.24. The van der Waals surface area contributed by atoms with E-state index in [0.717, 1.165) is 29.8 Å². The topological polar surface area (TPSA) is 12.0 Å². The first-order valence-corrected chi connectivity index (χ1v) is 6.58. The third kappa shape index (κ3) is 4.67. The van der Waals surface area contributed by atoms with E-state index in [1.54, 1.807) is 6.07 Å².